The molecule has 11 heteroatoms. The molecule has 2 aliphatic rings. The van der Waals surface area contributed by atoms with E-state index in [0.717, 1.165) is 30.2 Å². The molecule has 4 aromatic rings. The highest BCUT2D eigenvalue weighted by Gasteiger charge is 2.37. The van der Waals surface area contributed by atoms with Gasteiger partial charge in [-0.3, -0.25) is 9.78 Å². The Labute approximate surface area is 260 Å². The number of primary amides is 1. The van der Waals surface area contributed by atoms with E-state index < -0.39 is 17.5 Å². The fourth-order valence-corrected chi connectivity index (χ4v) is 5.97. The summed E-state index contributed by atoms with van der Waals surface area (Å²) in [5, 5.41) is 5.07. The predicted molar refractivity (Wildman–Crippen MR) is 166 cm³/mol. The van der Waals surface area contributed by atoms with Crippen molar-refractivity contribution in [3.63, 3.8) is 0 Å². The molecule has 0 unspecified atom stereocenters. The molecule has 0 aliphatic carbocycles. The number of nitrogens with two attached hydrogens (primary N) is 1. The third-order valence-corrected chi connectivity index (χ3v) is 8.14. The summed E-state index contributed by atoms with van der Waals surface area (Å²) in [4.78, 5) is 18.5. The molecule has 0 radical (unpaired) electrons. The predicted octanol–water partition coefficient (Wildman–Crippen LogP) is 6.13. The van der Waals surface area contributed by atoms with E-state index in [9.17, 15) is 13.6 Å². The van der Waals surface area contributed by atoms with Crippen molar-refractivity contribution < 1.29 is 27.8 Å². The van der Waals surface area contributed by atoms with Crippen molar-refractivity contribution in [2.24, 2.45) is 5.73 Å². The molecule has 2 N–H and O–H groups in total. The summed E-state index contributed by atoms with van der Waals surface area (Å²) in [5.41, 5.74) is 10.5. The normalized spacial score (nSPS) is 15.7. The fourth-order valence-electron chi connectivity index (χ4n) is 5.97. The highest BCUT2D eigenvalue weighted by atomic mass is 19.1. The number of hydrogen-bond acceptors (Lipinski definition) is 7. The Morgan fingerprint density at radius 2 is 1.89 bits per heavy atom. The number of amides is 1. The van der Waals surface area contributed by atoms with Crippen LogP contribution in [0, 0.1) is 11.6 Å². The van der Waals surface area contributed by atoms with Gasteiger partial charge in [0.15, 0.2) is 0 Å². The molecule has 9 nitrogen and oxygen atoms in total. The number of aromatic nitrogens is 3. The van der Waals surface area contributed by atoms with Crippen LogP contribution in [-0.4, -0.2) is 58.0 Å². The molecule has 2 aliphatic heterocycles. The lowest BCUT2D eigenvalue weighted by Crippen LogP contribution is -2.51. The van der Waals surface area contributed by atoms with E-state index in [1.165, 1.54) is 25.4 Å². The lowest BCUT2D eigenvalue weighted by molar-refractivity contribution is -0.0205. The van der Waals surface area contributed by atoms with Gasteiger partial charge in [0.25, 0.3) is 0 Å². The number of allylic oxidation sites excluding steroid dienone is 1. The van der Waals surface area contributed by atoms with Crippen LogP contribution in [-0.2, 0) is 11.3 Å². The quantitative estimate of drug-likeness (QED) is 0.254. The van der Waals surface area contributed by atoms with Gasteiger partial charge < -0.3 is 24.8 Å². The second-order valence-corrected chi connectivity index (χ2v) is 11.8. The summed E-state index contributed by atoms with van der Waals surface area (Å²) < 4.78 is 48.8. The van der Waals surface area contributed by atoms with Gasteiger partial charge >= 0.3 is 0 Å². The molecule has 0 atom stereocenters. The maximum atomic E-state index is 14.7. The van der Waals surface area contributed by atoms with E-state index in [4.69, 9.17) is 25.0 Å². The minimum Gasteiger partial charge on any atom is -0.496 e. The van der Waals surface area contributed by atoms with Gasteiger partial charge in [0.1, 0.15) is 35.4 Å². The lowest BCUT2D eigenvalue weighted by atomic mass is 9.94. The lowest BCUT2D eigenvalue weighted by Gasteiger charge is -2.45. The molecule has 1 amide bonds. The number of morpholine rings is 1. The highest BCUT2D eigenvalue weighted by Crippen LogP contribution is 2.47. The number of benzene rings is 2. The smallest absolute Gasteiger partial charge is 0.250 e. The molecule has 2 aromatic heterocycles. The fraction of sp³-hybridized carbons (Fsp3) is 0.324. The topological polar surface area (TPSA) is 105 Å². The second-order valence-electron chi connectivity index (χ2n) is 11.8. The Morgan fingerprint density at radius 1 is 1.11 bits per heavy atom. The number of nitrogens with zero attached hydrogens (tertiary/aromatic N) is 4. The Bertz CT molecular complexity index is 1800. The van der Waals surface area contributed by atoms with Gasteiger partial charge in [0.05, 0.1) is 48.5 Å². The number of unbranched alkanes of at least 4 members (excludes halogenated alkanes) is 1. The molecule has 0 bridgehead atoms. The van der Waals surface area contributed by atoms with Crippen LogP contribution in [0.2, 0.25) is 0 Å². The first kappa shape index (κ1) is 30.3. The summed E-state index contributed by atoms with van der Waals surface area (Å²) in [5.74, 6) is -1.05. The van der Waals surface area contributed by atoms with E-state index in [0.29, 0.717) is 59.3 Å². The van der Waals surface area contributed by atoms with Gasteiger partial charge in [-0.05, 0) is 44.5 Å². The van der Waals surface area contributed by atoms with E-state index in [1.54, 1.807) is 23.0 Å². The molecule has 45 heavy (non-hydrogen) atoms. The van der Waals surface area contributed by atoms with Gasteiger partial charge in [0.2, 0.25) is 5.91 Å². The number of carbonyl (C=O) groups is 1. The number of carbonyl (C=O) groups excluding carboxylic acids is 1. The monoisotopic (exact) mass is 615 g/mol. The number of fused-ring (bicyclic) bond motifs is 3. The minimum atomic E-state index is -0.719. The third-order valence-electron chi connectivity index (χ3n) is 8.14. The molecule has 234 valence electrons. The standard InChI is InChI=1S/C34H35F2N5O4/c1-5-6-7-28(40-8-9-44-19-34(40,2)3)31-27-18-45-30-15-29(43-4)25(20-10-21(33(37)42)17-38-16-20)14-26(30)32(27)41(39-31)24-12-22(35)11-23(36)13-24/h7,10-17H,5-6,8-9,18-19H2,1-4H3,(H2,37,42)/b28-7-. The van der Waals surface area contributed by atoms with Gasteiger partial charge in [-0.1, -0.05) is 19.4 Å². The largest absolute Gasteiger partial charge is 0.496 e. The molecule has 6 rings (SSSR count). The van der Waals surface area contributed by atoms with Crippen molar-refractivity contribution in [3.8, 4) is 39.6 Å². The van der Waals surface area contributed by atoms with Crippen molar-refractivity contribution in [1.29, 1.82) is 0 Å². The zero-order valence-corrected chi connectivity index (χ0v) is 25.7. The number of rotatable bonds is 8. The zero-order valence-electron chi connectivity index (χ0n) is 25.7. The molecule has 0 spiro atoms. The molecular formula is C34H35F2N5O4. The van der Waals surface area contributed by atoms with Crippen LogP contribution in [0.15, 0.2) is 54.9 Å². The van der Waals surface area contributed by atoms with Gasteiger partial charge in [-0.25, -0.2) is 13.5 Å². The number of methoxy groups -OCH3 is 1. The number of pyridine rings is 1. The van der Waals surface area contributed by atoms with Crippen LogP contribution in [0.4, 0.5) is 8.78 Å². The first-order chi connectivity index (χ1) is 21.6. The Balaban J connectivity index is 1.63. The van der Waals surface area contributed by atoms with Crippen molar-refractivity contribution in [1.82, 2.24) is 19.7 Å². The van der Waals surface area contributed by atoms with Crippen LogP contribution in [0.1, 0.15) is 55.2 Å². The maximum absolute atomic E-state index is 14.7. The zero-order chi connectivity index (χ0) is 31.9. The third kappa shape index (κ3) is 5.64. The van der Waals surface area contributed by atoms with Gasteiger partial charge in [-0.2, -0.15) is 5.10 Å². The van der Waals surface area contributed by atoms with Crippen molar-refractivity contribution in [2.75, 3.05) is 26.9 Å². The van der Waals surface area contributed by atoms with Crippen LogP contribution in [0.5, 0.6) is 11.5 Å². The van der Waals surface area contributed by atoms with Crippen molar-refractivity contribution >= 4 is 11.6 Å². The van der Waals surface area contributed by atoms with Crippen LogP contribution >= 0.6 is 0 Å². The van der Waals surface area contributed by atoms with Crippen LogP contribution in [0.25, 0.3) is 33.8 Å². The van der Waals surface area contributed by atoms with Crippen LogP contribution in [0.3, 0.4) is 0 Å². The minimum absolute atomic E-state index is 0.172. The average molecular weight is 616 g/mol. The molecule has 1 saturated heterocycles. The first-order valence-electron chi connectivity index (χ1n) is 14.9. The average Bonchev–Trinajstić information content (AvgIpc) is 3.40. The van der Waals surface area contributed by atoms with Crippen molar-refractivity contribution in [2.45, 2.75) is 45.8 Å². The van der Waals surface area contributed by atoms with Gasteiger partial charge in [-0.15, -0.1) is 0 Å². The molecule has 1 fully saturated rings. The van der Waals surface area contributed by atoms with Gasteiger partial charge in [0, 0.05) is 53.3 Å². The Kier molecular flexibility index (Phi) is 8.05. The summed E-state index contributed by atoms with van der Waals surface area (Å²) in [6, 6.07) is 8.61. The van der Waals surface area contributed by atoms with E-state index in [-0.39, 0.29) is 23.4 Å². The number of ether oxygens (including phenoxy) is 3. The molecule has 4 heterocycles. The number of halogens is 2. The van der Waals surface area contributed by atoms with E-state index in [1.807, 2.05) is 6.07 Å². The second kappa shape index (κ2) is 12.0. The molecule has 2 aromatic carbocycles. The Hall–Kier alpha value is -4.77. The Morgan fingerprint density at radius 3 is 2.58 bits per heavy atom. The van der Waals surface area contributed by atoms with E-state index in [2.05, 4.69) is 36.7 Å². The highest BCUT2D eigenvalue weighted by molar-refractivity contribution is 5.94. The molecule has 0 saturated carbocycles. The molecular weight excluding hydrogens is 580 g/mol. The maximum Gasteiger partial charge on any atom is 0.250 e. The SMILES string of the molecule is CCC/C=C(/c1nn(-c2cc(F)cc(F)c2)c2c1COc1cc(OC)c(-c3cncc(C(N)=O)c3)cc1-2)N1CCOCC1(C)C. The van der Waals surface area contributed by atoms with Crippen molar-refractivity contribution in [3.05, 3.63) is 83.3 Å². The summed E-state index contributed by atoms with van der Waals surface area (Å²) in [7, 11) is 1.54. The van der Waals surface area contributed by atoms with Crippen LogP contribution < -0.4 is 15.2 Å². The summed E-state index contributed by atoms with van der Waals surface area (Å²) in [6.45, 7) is 8.28. The summed E-state index contributed by atoms with van der Waals surface area (Å²) in [6.07, 6.45) is 6.91. The summed E-state index contributed by atoms with van der Waals surface area (Å²) >= 11 is 0. The first-order valence-corrected chi connectivity index (χ1v) is 14.9. The van der Waals surface area contributed by atoms with E-state index >= 15 is 0 Å². The number of hydrogen-bond donors (Lipinski definition) is 1.